The van der Waals surface area contributed by atoms with Gasteiger partial charge in [0.25, 0.3) is 0 Å². The van der Waals surface area contributed by atoms with Crippen LogP contribution in [-0.2, 0) is 6.42 Å². The van der Waals surface area contributed by atoms with Gasteiger partial charge in [0.15, 0.2) is 0 Å². The fourth-order valence-corrected chi connectivity index (χ4v) is 1.34. The van der Waals surface area contributed by atoms with E-state index in [1.54, 1.807) is 0 Å². The second-order valence-corrected chi connectivity index (χ2v) is 4.03. The van der Waals surface area contributed by atoms with Gasteiger partial charge in [0.1, 0.15) is 12.4 Å². The number of allylic oxidation sites excluding steroid dienone is 1. The van der Waals surface area contributed by atoms with Gasteiger partial charge < -0.3 is 10.5 Å². The van der Waals surface area contributed by atoms with E-state index in [2.05, 4.69) is 18.8 Å². The lowest BCUT2D eigenvalue weighted by atomic mass is 10.2. The van der Waals surface area contributed by atoms with Crippen molar-refractivity contribution >= 4 is 0 Å². The van der Waals surface area contributed by atoms with Crippen LogP contribution in [0.1, 0.15) is 25.2 Å². The minimum atomic E-state index is 0.588. The van der Waals surface area contributed by atoms with E-state index < -0.39 is 0 Å². The van der Waals surface area contributed by atoms with Gasteiger partial charge in [-0.1, -0.05) is 5.57 Å². The van der Waals surface area contributed by atoms with Crippen molar-refractivity contribution in [1.82, 2.24) is 4.98 Å². The minimum absolute atomic E-state index is 0.588. The lowest BCUT2D eigenvalue weighted by molar-refractivity contribution is 0.355. The molecule has 88 valence electrons. The zero-order chi connectivity index (χ0) is 12.0. The number of rotatable bonds is 5. The normalized spacial score (nSPS) is 10.0. The van der Waals surface area contributed by atoms with E-state index in [9.17, 15) is 0 Å². The first-order chi connectivity index (χ1) is 7.63. The molecule has 1 aromatic heterocycles. The number of hydrogen-bond donors (Lipinski definition) is 1. The van der Waals surface area contributed by atoms with Gasteiger partial charge in [-0.25, -0.2) is 0 Å². The highest BCUT2D eigenvalue weighted by Crippen LogP contribution is 2.17. The molecule has 1 aromatic rings. The topological polar surface area (TPSA) is 48.1 Å². The zero-order valence-corrected chi connectivity index (χ0v) is 10.3. The summed E-state index contributed by atoms with van der Waals surface area (Å²) >= 11 is 0. The van der Waals surface area contributed by atoms with Gasteiger partial charge in [0.05, 0.1) is 5.69 Å². The largest absolute Gasteiger partial charge is 0.488 e. The Kier molecular flexibility index (Phi) is 4.99. The minimum Gasteiger partial charge on any atom is -0.488 e. The van der Waals surface area contributed by atoms with Crippen molar-refractivity contribution in [2.45, 2.75) is 27.2 Å². The van der Waals surface area contributed by atoms with E-state index in [0.29, 0.717) is 13.2 Å². The number of aryl methyl sites for hydroxylation is 1. The molecule has 0 aromatic carbocycles. The maximum absolute atomic E-state index is 5.66. The Morgan fingerprint density at radius 3 is 2.81 bits per heavy atom. The molecule has 0 spiro atoms. The standard InChI is InChI=1S/C13H20N2O/c1-10(2)7-9-16-13-5-4-11(3)15-12(13)6-8-14/h4-5,7H,6,8-9,14H2,1-3H3. The number of ether oxygens (including phenoxy) is 1. The van der Waals surface area contributed by atoms with Crippen molar-refractivity contribution in [2.24, 2.45) is 5.73 Å². The zero-order valence-electron chi connectivity index (χ0n) is 10.3. The summed E-state index contributed by atoms with van der Waals surface area (Å²) in [5.41, 5.74) is 8.75. The summed E-state index contributed by atoms with van der Waals surface area (Å²) in [7, 11) is 0. The Bertz CT molecular complexity index is 368. The van der Waals surface area contributed by atoms with Crippen LogP contribution in [0.2, 0.25) is 0 Å². The number of nitrogens with two attached hydrogens (primary N) is 1. The maximum atomic E-state index is 5.66. The summed E-state index contributed by atoms with van der Waals surface area (Å²) in [6.45, 7) is 7.26. The third-order valence-electron chi connectivity index (χ3n) is 2.18. The molecule has 2 N–H and O–H groups in total. The Hall–Kier alpha value is -1.35. The number of pyridine rings is 1. The SMILES string of the molecule is CC(C)=CCOc1ccc(C)nc1CCN. The molecule has 3 heteroatoms. The molecule has 0 aliphatic rings. The summed E-state index contributed by atoms with van der Waals surface area (Å²) in [6.07, 6.45) is 2.80. The van der Waals surface area contributed by atoms with Crippen LogP contribution < -0.4 is 10.5 Å². The second kappa shape index (κ2) is 6.28. The van der Waals surface area contributed by atoms with E-state index in [4.69, 9.17) is 10.5 Å². The highest BCUT2D eigenvalue weighted by molar-refractivity contribution is 5.29. The molecule has 0 radical (unpaired) electrons. The van der Waals surface area contributed by atoms with Crippen LogP contribution in [0.4, 0.5) is 0 Å². The molecule has 0 aliphatic carbocycles. The van der Waals surface area contributed by atoms with E-state index in [-0.39, 0.29) is 0 Å². The second-order valence-electron chi connectivity index (χ2n) is 4.03. The molecule has 0 saturated heterocycles. The molecule has 0 saturated carbocycles. The third-order valence-corrected chi connectivity index (χ3v) is 2.18. The Balaban J connectivity index is 2.74. The maximum Gasteiger partial charge on any atom is 0.141 e. The molecule has 0 fully saturated rings. The highest BCUT2D eigenvalue weighted by atomic mass is 16.5. The monoisotopic (exact) mass is 220 g/mol. The van der Waals surface area contributed by atoms with Crippen LogP contribution >= 0.6 is 0 Å². The van der Waals surface area contributed by atoms with Gasteiger partial charge in [-0.2, -0.15) is 0 Å². The summed E-state index contributed by atoms with van der Waals surface area (Å²) < 4.78 is 5.66. The van der Waals surface area contributed by atoms with Crippen molar-refractivity contribution in [3.05, 3.63) is 35.2 Å². The molecular weight excluding hydrogens is 200 g/mol. The van der Waals surface area contributed by atoms with E-state index >= 15 is 0 Å². The lowest BCUT2D eigenvalue weighted by Gasteiger charge is -2.09. The van der Waals surface area contributed by atoms with Crippen molar-refractivity contribution in [1.29, 1.82) is 0 Å². The molecule has 0 atom stereocenters. The van der Waals surface area contributed by atoms with Crippen LogP contribution in [-0.4, -0.2) is 18.1 Å². The highest BCUT2D eigenvalue weighted by Gasteiger charge is 2.04. The first kappa shape index (κ1) is 12.7. The number of nitrogens with zero attached hydrogens (tertiary/aromatic N) is 1. The van der Waals surface area contributed by atoms with Gasteiger partial charge in [-0.3, -0.25) is 4.98 Å². The van der Waals surface area contributed by atoms with Gasteiger partial charge in [-0.05, 0) is 45.5 Å². The molecule has 0 bridgehead atoms. The summed E-state index contributed by atoms with van der Waals surface area (Å²) in [5.74, 6) is 0.841. The fourth-order valence-electron chi connectivity index (χ4n) is 1.34. The summed E-state index contributed by atoms with van der Waals surface area (Å²) in [6, 6.07) is 3.92. The van der Waals surface area contributed by atoms with E-state index in [1.807, 2.05) is 25.1 Å². The first-order valence-electron chi connectivity index (χ1n) is 5.56. The summed E-state index contributed by atoms with van der Waals surface area (Å²) in [5, 5.41) is 0. The van der Waals surface area contributed by atoms with E-state index in [1.165, 1.54) is 5.57 Å². The van der Waals surface area contributed by atoms with Crippen molar-refractivity contribution in [3.63, 3.8) is 0 Å². The average molecular weight is 220 g/mol. The average Bonchev–Trinajstić information content (AvgIpc) is 2.21. The molecule has 0 aliphatic heterocycles. The number of hydrogen-bond acceptors (Lipinski definition) is 3. The fraction of sp³-hybridized carbons (Fsp3) is 0.462. The smallest absolute Gasteiger partial charge is 0.141 e. The van der Waals surface area contributed by atoms with Crippen LogP contribution in [0, 0.1) is 6.92 Å². The van der Waals surface area contributed by atoms with Crippen molar-refractivity contribution in [3.8, 4) is 5.75 Å². The predicted octanol–water partition coefficient (Wildman–Crippen LogP) is 2.24. The Morgan fingerprint density at radius 2 is 2.19 bits per heavy atom. The predicted molar refractivity (Wildman–Crippen MR) is 66.7 cm³/mol. The van der Waals surface area contributed by atoms with Crippen LogP contribution in [0.15, 0.2) is 23.8 Å². The first-order valence-corrected chi connectivity index (χ1v) is 5.56. The number of aromatic nitrogens is 1. The molecule has 1 rings (SSSR count). The van der Waals surface area contributed by atoms with Crippen LogP contribution in [0.5, 0.6) is 5.75 Å². The summed E-state index contributed by atoms with van der Waals surface area (Å²) in [4.78, 5) is 4.43. The third kappa shape index (κ3) is 4.03. The van der Waals surface area contributed by atoms with Gasteiger partial charge in [-0.15, -0.1) is 0 Å². The van der Waals surface area contributed by atoms with Crippen molar-refractivity contribution < 1.29 is 4.74 Å². The van der Waals surface area contributed by atoms with Gasteiger partial charge >= 0.3 is 0 Å². The quantitative estimate of drug-likeness (QED) is 0.774. The van der Waals surface area contributed by atoms with E-state index in [0.717, 1.165) is 23.6 Å². The molecule has 16 heavy (non-hydrogen) atoms. The Labute approximate surface area is 97.3 Å². The van der Waals surface area contributed by atoms with Crippen molar-refractivity contribution in [2.75, 3.05) is 13.2 Å². The van der Waals surface area contributed by atoms with Crippen LogP contribution in [0.25, 0.3) is 0 Å². The molecule has 0 unspecified atom stereocenters. The lowest BCUT2D eigenvalue weighted by Crippen LogP contribution is -2.08. The molecular formula is C13H20N2O. The molecule has 0 amide bonds. The van der Waals surface area contributed by atoms with Gasteiger partial charge in [0, 0.05) is 12.1 Å². The molecule has 3 nitrogen and oxygen atoms in total. The van der Waals surface area contributed by atoms with Gasteiger partial charge in [0.2, 0.25) is 0 Å². The van der Waals surface area contributed by atoms with Crippen LogP contribution in [0.3, 0.4) is 0 Å². The molecule has 1 heterocycles. The Morgan fingerprint density at radius 1 is 1.44 bits per heavy atom.